The number of aromatic hydroxyl groups is 1. The summed E-state index contributed by atoms with van der Waals surface area (Å²) in [6.07, 6.45) is 1.23. The molecule has 0 amide bonds. The van der Waals surface area contributed by atoms with Crippen molar-refractivity contribution in [1.29, 1.82) is 0 Å². The molecular formula is C17H18N4O4S. The van der Waals surface area contributed by atoms with Crippen LogP contribution in [0.5, 0.6) is 5.88 Å². The molecule has 1 N–H and O–H groups in total. The van der Waals surface area contributed by atoms with Crippen molar-refractivity contribution in [2.24, 2.45) is 12.0 Å². The van der Waals surface area contributed by atoms with Crippen LogP contribution >= 0.6 is 12.2 Å². The van der Waals surface area contributed by atoms with Gasteiger partial charge in [-0.1, -0.05) is 12.2 Å². The van der Waals surface area contributed by atoms with E-state index in [9.17, 15) is 20.0 Å². The number of nitro groups is 1. The van der Waals surface area contributed by atoms with E-state index in [0.717, 1.165) is 5.57 Å². The van der Waals surface area contributed by atoms with Gasteiger partial charge in [0.05, 0.1) is 10.6 Å². The molecule has 0 unspecified atom stereocenters. The van der Waals surface area contributed by atoms with Gasteiger partial charge in [0.2, 0.25) is 5.88 Å². The molecule has 0 fully saturated rings. The van der Waals surface area contributed by atoms with Crippen LogP contribution in [0.15, 0.2) is 40.1 Å². The molecular weight excluding hydrogens is 356 g/mol. The van der Waals surface area contributed by atoms with Crippen LogP contribution in [-0.4, -0.2) is 25.4 Å². The van der Waals surface area contributed by atoms with Crippen molar-refractivity contribution >= 4 is 29.8 Å². The molecule has 0 aliphatic carbocycles. The zero-order valence-corrected chi connectivity index (χ0v) is 15.4. The van der Waals surface area contributed by atoms with E-state index in [4.69, 9.17) is 12.2 Å². The third kappa shape index (κ3) is 3.77. The highest BCUT2D eigenvalue weighted by Crippen LogP contribution is 2.24. The molecule has 0 aliphatic rings. The van der Waals surface area contributed by atoms with Crippen molar-refractivity contribution in [2.75, 3.05) is 0 Å². The second kappa shape index (κ2) is 7.44. The number of aromatic nitrogens is 2. The fourth-order valence-corrected chi connectivity index (χ4v) is 2.57. The molecule has 0 aliphatic heterocycles. The monoisotopic (exact) mass is 374 g/mol. The summed E-state index contributed by atoms with van der Waals surface area (Å²) in [7, 11) is 1.54. The summed E-state index contributed by atoms with van der Waals surface area (Å²) in [6.45, 7) is 7.44. The average Bonchev–Trinajstić information content (AvgIpc) is 2.57. The van der Waals surface area contributed by atoms with Crippen molar-refractivity contribution in [3.8, 4) is 5.88 Å². The van der Waals surface area contributed by atoms with Crippen LogP contribution < -0.4 is 5.56 Å². The van der Waals surface area contributed by atoms with Gasteiger partial charge in [0.25, 0.3) is 11.2 Å². The highest BCUT2D eigenvalue weighted by Gasteiger charge is 2.14. The number of hydrogen-bond donors (Lipinski definition) is 1. The van der Waals surface area contributed by atoms with Crippen LogP contribution in [0, 0.1) is 21.8 Å². The Labute approximate surface area is 154 Å². The van der Waals surface area contributed by atoms with Crippen LogP contribution in [0.4, 0.5) is 11.4 Å². The van der Waals surface area contributed by atoms with Crippen molar-refractivity contribution in [3.05, 3.63) is 66.7 Å². The van der Waals surface area contributed by atoms with E-state index >= 15 is 0 Å². The molecule has 0 bridgehead atoms. The molecule has 8 nitrogen and oxygen atoms in total. The molecule has 1 aromatic carbocycles. The van der Waals surface area contributed by atoms with Crippen molar-refractivity contribution < 1.29 is 10.0 Å². The molecule has 0 atom stereocenters. The molecule has 2 rings (SSSR count). The smallest absolute Gasteiger partial charge is 0.269 e. The number of nitro benzene ring substituents is 1. The van der Waals surface area contributed by atoms with Gasteiger partial charge >= 0.3 is 0 Å². The quantitative estimate of drug-likeness (QED) is 0.285. The second-order valence-electron chi connectivity index (χ2n) is 5.91. The van der Waals surface area contributed by atoms with Crippen LogP contribution in [-0.2, 0) is 13.6 Å². The molecule has 9 heteroatoms. The molecule has 2 aromatic rings. The number of benzene rings is 1. The van der Waals surface area contributed by atoms with Crippen LogP contribution in [0.2, 0.25) is 0 Å². The van der Waals surface area contributed by atoms with Crippen molar-refractivity contribution in [1.82, 2.24) is 9.13 Å². The fraction of sp³-hybridized carbons (Fsp3) is 0.235. The predicted molar refractivity (Wildman–Crippen MR) is 102 cm³/mol. The lowest BCUT2D eigenvalue weighted by molar-refractivity contribution is -0.384. The van der Waals surface area contributed by atoms with E-state index in [1.807, 2.05) is 0 Å². The third-order valence-corrected chi connectivity index (χ3v) is 4.20. The Balaban J connectivity index is 2.56. The Hall–Kier alpha value is -3.07. The minimum atomic E-state index is -0.495. The molecule has 0 saturated heterocycles. The van der Waals surface area contributed by atoms with Gasteiger partial charge < -0.3 is 5.11 Å². The van der Waals surface area contributed by atoms with Gasteiger partial charge in [-0.25, -0.2) is 0 Å². The Morgan fingerprint density at radius 3 is 2.69 bits per heavy atom. The number of non-ortho nitro benzene ring substituents is 1. The fourth-order valence-electron chi connectivity index (χ4n) is 2.33. The van der Waals surface area contributed by atoms with Crippen molar-refractivity contribution in [2.45, 2.75) is 20.4 Å². The lowest BCUT2D eigenvalue weighted by Gasteiger charge is -2.12. The molecule has 0 spiro atoms. The van der Waals surface area contributed by atoms with E-state index in [0.29, 0.717) is 11.3 Å². The maximum atomic E-state index is 12.6. The maximum Gasteiger partial charge on any atom is 0.269 e. The number of aryl methyl sites for hydroxylation is 1. The first-order valence-electron chi connectivity index (χ1n) is 7.59. The number of rotatable bonds is 5. The first-order valence-corrected chi connectivity index (χ1v) is 8.00. The topological polar surface area (TPSA) is 103 Å². The van der Waals surface area contributed by atoms with Crippen LogP contribution in [0.3, 0.4) is 0 Å². The maximum absolute atomic E-state index is 12.6. The van der Waals surface area contributed by atoms with E-state index < -0.39 is 10.5 Å². The molecule has 1 heterocycles. The average molecular weight is 374 g/mol. The molecule has 1 aromatic heterocycles. The molecule has 0 saturated carbocycles. The summed E-state index contributed by atoms with van der Waals surface area (Å²) in [5.74, 6) is -0.304. The van der Waals surface area contributed by atoms with Gasteiger partial charge in [0.1, 0.15) is 5.56 Å². The lowest BCUT2D eigenvalue weighted by atomic mass is 10.2. The van der Waals surface area contributed by atoms with E-state index in [1.165, 1.54) is 33.5 Å². The highest BCUT2D eigenvalue weighted by atomic mass is 32.1. The number of allylic oxidation sites excluding steroid dienone is 1. The van der Waals surface area contributed by atoms with Crippen molar-refractivity contribution in [3.63, 3.8) is 0 Å². The molecule has 136 valence electrons. The summed E-state index contributed by atoms with van der Waals surface area (Å²) >= 11 is 5.20. The number of aliphatic imine (C=N–C) groups is 1. The van der Waals surface area contributed by atoms with Gasteiger partial charge in [0.15, 0.2) is 4.77 Å². The van der Waals surface area contributed by atoms with Gasteiger partial charge in [-0.05, 0) is 37.7 Å². The summed E-state index contributed by atoms with van der Waals surface area (Å²) in [5.41, 5.74) is 1.19. The predicted octanol–water partition coefficient (Wildman–Crippen LogP) is 3.17. The third-order valence-electron chi connectivity index (χ3n) is 3.70. The van der Waals surface area contributed by atoms with Gasteiger partial charge in [-0.15, -0.1) is 0 Å². The zero-order valence-electron chi connectivity index (χ0n) is 14.6. The van der Waals surface area contributed by atoms with E-state index in [-0.39, 0.29) is 28.4 Å². The van der Waals surface area contributed by atoms with Crippen LogP contribution in [0.25, 0.3) is 0 Å². The standard InChI is InChI=1S/C17H18N4O4S/c1-10(2)9-20-16(23)13(15(22)19(4)17(20)26)8-18-14-6-5-12(21(24)25)7-11(14)3/h5-8,22H,1,9H2,2-4H3. The molecule has 26 heavy (non-hydrogen) atoms. The summed E-state index contributed by atoms with van der Waals surface area (Å²) in [4.78, 5) is 27.2. The molecule has 0 radical (unpaired) electrons. The van der Waals surface area contributed by atoms with Gasteiger partial charge in [-0.3, -0.25) is 29.0 Å². The largest absolute Gasteiger partial charge is 0.494 e. The SMILES string of the molecule is C=C(C)Cn1c(=O)c(C=Nc2ccc([N+](=O)[O-])cc2C)c(O)n(C)c1=S. The Kier molecular flexibility index (Phi) is 5.51. The first-order chi connectivity index (χ1) is 12.1. The summed E-state index contributed by atoms with van der Waals surface area (Å²) in [5, 5.41) is 21.1. The number of hydrogen-bond acceptors (Lipinski definition) is 6. The van der Waals surface area contributed by atoms with Gasteiger partial charge in [-0.2, -0.15) is 0 Å². The van der Waals surface area contributed by atoms with E-state index in [2.05, 4.69) is 11.6 Å². The zero-order chi connectivity index (χ0) is 19.6. The highest BCUT2D eigenvalue weighted by molar-refractivity contribution is 7.71. The summed E-state index contributed by atoms with van der Waals surface area (Å²) in [6, 6.07) is 4.19. The number of nitrogens with zero attached hydrogens (tertiary/aromatic N) is 4. The second-order valence-corrected chi connectivity index (χ2v) is 6.28. The Morgan fingerprint density at radius 2 is 2.15 bits per heavy atom. The minimum absolute atomic E-state index is 0.0277. The van der Waals surface area contributed by atoms with Gasteiger partial charge in [0, 0.05) is 31.9 Å². The lowest BCUT2D eigenvalue weighted by Crippen LogP contribution is -2.28. The van der Waals surface area contributed by atoms with Crippen LogP contribution in [0.1, 0.15) is 18.1 Å². The normalized spacial score (nSPS) is 11.0. The Morgan fingerprint density at radius 1 is 1.50 bits per heavy atom. The van der Waals surface area contributed by atoms with E-state index in [1.54, 1.807) is 20.9 Å². The Bertz CT molecular complexity index is 1050. The minimum Gasteiger partial charge on any atom is -0.494 e. The first kappa shape index (κ1) is 19.3. The summed E-state index contributed by atoms with van der Waals surface area (Å²) < 4.78 is 2.80.